The number of amides is 3. The van der Waals surface area contributed by atoms with E-state index in [9.17, 15) is 14.4 Å². The van der Waals surface area contributed by atoms with E-state index >= 15 is 0 Å². The molecule has 2 atom stereocenters. The van der Waals surface area contributed by atoms with Crippen LogP contribution in [0, 0.1) is 23.7 Å². The Kier molecular flexibility index (Phi) is 7.22. The first-order valence-electron chi connectivity index (χ1n) is 8.94. The van der Waals surface area contributed by atoms with Crippen molar-refractivity contribution in [3.63, 3.8) is 0 Å². The van der Waals surface area contributed by atoms with Gasteiger partial charge in [0.2, 0.25) is 11.8 Å². The summed E-state index contributed by atoms with van der Waals surface area (Å²) in [4.78, 5) is 41.7. The van der Waals surface area contributed by atoms with Crippen molar-refractivity contribution >= 4 is 17.7 Å². The maximum absolute atomic E-state index is 12.7. The van der Waals surface area contributed by atoms with Crippen LogP contribution in [-0.2, 0) is 14.4 Å². The molecule has 1 aliphatic heterocycles. The van der Waals surface area contributed by atoms with Gasteiger partial charge < -0.3 is 15.5 Å². The predicted octanol–water partition coefficient (Wildman–Crippen LogP) is 0.147. The van der Waals surface area contributed by atoms with Crippen LogP contribution in [0.4, 0.5) is 0 Å². The summed E-state index contributed by atoms with van der Waals surface area (Å²) in [6.07, 6.45) is 0.567. The van der Waals surface area contributed by atoms with Gasteiger partial charge in [0.25, 0.3) is 5.91 Å². The molecule has 26 heavy (non-hydrogen) atoms. The molecule has 1 saturated heterocycles. The van der Waals surface area contributed by atoms with Crippen molar-refractivity contribution in [2.24, 2.45) is 17.6 Å². The van der Waals surface area contributed by atoms with Crippen molar-refractivity contribution in [2.75, 3.05) is 34.2 Å². The van der Waals surface area contributed by atoms with Crippen molar-refractivity contribution in [3.05, 3.63) is 0 Å². The third kappa shape index (κ3) is 5.21. The minimum absolute atomic E-state index is 0.0697. The second kappa shape index (κ2) is 8.54. The summed E-state index contributed by atoms with van der Waals surface area (Å²) in [5, 5.41) is 0. The zero-order valence-electron chi connectivity index (χ0n) is 17.0. The SMILES string of the molecule is CC(C)[C@@H](C(N)=O)N(C)C(=O)[C@H]1CCN(C(=O)C#CC(C)(C)N(C)C)C1. The Hall–Kier alpha value is -2.07. The van der Waals surface area contributed by atoms with Crippen LogP contribution in [-0.4, -0.2) is 78.2 Å². The Morgan fingerprint density at radius 3 is 2.23 bits per heavy atom. The Morgan fingerprint density at radius 1 is 1.19 bits per heavy atom. The lowest BCUT2D eigenvalue weighted by atomic mass is 9.99. The van der Waals surface area contributed by atoms with E-state index in [4.69, 9.17) is 5.73 Å². The average Bonchev–Trinajstić information content (AvgIpc) is 3.00. The fourth-order valence-corrected chi connectivity index (χ4v) is 2.94. The summed E-state index contributed by atoms with van der Waals surface area (Å²) in [6.45, 7) is 8.39. The molecule has 1 aliphatic rings. The summed E-state index contributed by atoms with van der Waals surface area (Å²) < 4.78 is 0. The van der Waals surface area contributed by atoms with Crippen LogP contribution >= 0.6 is 0 Å². The highest BCUT2D eigenvalue weighted by Gasteiger charge is 2.36. The van der Waals surface area contributed by atoms with Gasteiger partial charge in [-0.05, 0) is 46.2 Å². The molecule has 146 valence electrons. The molecule has 7 heteroatoms. The van der Waals surface area contributed by atoms with Crippen LogP contribution in [0.1, 0.15) is 34.1 Å². The lowest BCUT2D eigenvalue weighted by Gasteiger charge is -2.30. The molecule has 0 radical (unpaired) electrons. The molecule has 1 rings (SSSR count). The predicted molar refractivity (Wildman–Crippen MR) is 101 cm³/mol. The summed E-state index contributed by atoms with van der Waals surface area (Å²) in [6, 6.07) is -0.645. The van der Waals surface area contributed by atoms with E-state index < -0.39 is 17.5 Å². The van der Waals surface area contributed by atoms with Gasteiger partial charge in [0.15, 0.2) is 0 Å². The summed E-state index contributed by atoms with van der Waals surface area (Å²) in [7, 11) is 5.41. The Labute approximate surface area is 156 Å². The Balaban J connectivity index is 2.77. The molecule has 0 aromatic heterocycles. The molecule has 0 unspecified atom stereocenters. The average molecular weight is 364 g/mol. The molecular weight excluding hydrogens is 332 g/mol. The fraction of sp³-hybridized carbons (Fsp3) is 0.737. The highest BCUT2D eigenvalue weighted by Crippen LogP contribution is 2.21. The Morgan fingerprint density at radius 2 is 1.77 bits per heavy atom. The number of carbonyl (C=O) groups excluding carboxylic acids is 3. The lowest BCUT2D eigenvalue weighted by Crippen LogP contribution is -2.50. The number of hydrogen-bond acceptors (Lipinski definition) is 4. The number of nitrogens with two attached hydrogens (primary N) is 1. The first kappa shape index (κ1) is 22.0. The minimum atomic E-state index is -0.645. The molecule has 0 aromatic rings. The van der Waals surface area contributed by atoms with Crippen LogP contribution in [0.15, 0.2) is 0 Å². The highest BCUT2D eigenvalue weighted by atomic mass is 16.2. The van der Waals surface area contributed by atoms with Gasteiger partial charge in [-0.1, -0.05) is 19.8 Å². The number of hydrogen-bond donors (Lipinski definition) is 1. The second-order valence-corrected chi connectivity index (χ2v) is 7.98. The standard InChI is InChI=1S/C19H32N4O3/c1-13(2)16(17(20)25)22(7)18(26)14-9-11-23(12-14)15(24)8-10-19(3,4)21(5)6/h13-14,16H,9,11-12H2,1-7H3,(H2,20,25)/t14-,16-/m0/s1. The number of likely N-dealkylation sites (N-methyl/N-ethyl adjacent to an activating group) is 1. The van der Waals surface area contributed by atoms with Gasteiger partial charge in [0.1, 0.15) is 6.04 Å². The van der Waals surface area contributed by atoms with Crippen molar-refractivity contribution in [2.45, 2.75) is 45.7 Å². The van der Waals surface area contributed by atoms with Crippen LogP contribution in [0.3, 0.4) is 0 Å². The molecular formula is C19H32N4O3. The van der Waals surface area contributed by atoms with Gasteiger partial charge in [-0.3, -0.25) is 19.3 Å². The quantitative estimate of drug-likeness (QED) is 0.704. The molecule has 0 spiro atoms. The first-order chi connectivity index (χ1) is 11.9. The normalized spacial score (nSPS) is 18.5. The van der Waals surface area contributed by atoms with E-state index in [-0.39, 0.29) is 23.7 Å². The van der Waals surface area contributed by atoms with E-state index in [2.05, 4.69) is 11.8 Å². The molecule has 0 saturated carbocycles. The van der Waals surface area contributed by atoms with Gasteiger partial charge >= 0.3 is 0 Å². The first-order valence-corrected chi connectivity index (χ1v) is 8.94. The Bertz CT molecular complexity index is 616. The zero-order chi connectivity index (χ0) is 20.2. The molecule has 0 aliphatic carbocycles. The zero-order valence-corrected chi connectivity index (χ0v) is 17.0. The monoisotopic (exact) mass is 364 g/mol. The second-order valence-electron chi connectivity index (χ2n) is 7.98. The van der Waals surface area contributed by atoms with Crippen molar-refractivity contribution in [1.82, 2.24) is 14.7 Å². The largest absolute Gasteiger partial charge is 0.368 e. The molecule has 1 fully saturated rings. The molecule has 1 heterocycles. The van der Waals surface area contributed by atoms with Gasteiger partial charge in [0, 0.05) is 20.1 Å². The molecule has 0 bridgehead atoms. The van der Waals surface area contributed by atoms with Crippen LogP contribution < -0.4 is 5.73 Å². The van der Waals surface area contributed by atoms with E-state index in [1.165, 1.54) is 4.90 Å². The van der Waals surface area contributed by atoms with Gasteiger partial charge in [-0.2, -0.15) is 0 Å². The number of primary amides is 1. The van der Waals surface area contributed by atoms with E-state index in [0.29, 0.717) is 19.5 Å². The van der Waals surface area contributed by atoms with E-state index in [0.717, 1.165) is 0 Å². The molecule has 7 nitrogen and oxygen atoms in total. The third-order valence-corrected chi connectivity index (χ3v) is 5.11. The molecule has 0 aromatic carbocycles. The number of rotatable bonds is 5. The van der Waals surface area contributed by atoms with Gasteiger partial charge in [0.05, 0.1) is 11.5 Å². The number of nitrogens with zero attached hydrogens (tertiary/aromatic N) is 3. The summed E-state index contributed by atoms with van der Waals surface area (Å²) in [5.41, 5.74) is 5.03. The summed E-state index contributed by atoms with van der Waals surface area (Å²) >= 11 is 0. The lowest BCUT2D eigenvalue weighted by molar-refractivity contribution is -0.142. The molecule has 3 amide bonds. The number of likely N-dealkylation sites (tertiary alicyclic amines) is 1. The van der Waals surface area contributed by atoms with Crippen molar-refractivity contribution < 1.29 is 14.4 Å². The summed E-state index contributed by atoms with van der Waals surface area (Å²) in [5.74, 6) is 4.33. The third-order valence-electron chi connectivity index (χ3n) is 5.11. The number of carbonyl (C=O) groups is 3. The van der Waals surface area contributed by atoms with Crippen LogP contribution in [0.2, 0.25) is 0 Å². The topological polar surface area (TPSA) is 87.0 Å². The van der Waals surface area contributed by atoms with Crippen LogP contribution in [0.25, 0.3) is 0 Å². The van der Waals surface area contributed by atoms with Crippen molar-refractivity contribution in [3.8, 4) is 11.8 Å². The van der Waals surface area contributed by atoms with Crippen molar-refractivity contribution in [1.29, 1.82) is 0 Å². The molecule has 2 N–H and O–H groups in total. The minimum Gasteiger partial charge on any atom is -0.368 e. The smallest absolute Gasteiger partial charge is 0.298 e. The van der Waals surface area contributed by atoms with E-state index in [1.54, 1.807) is 11.9 Å². The fourth-order valence-electron chi connectivity index (χ4n) is 2.94. The maximum Gasteiger partial charge on any atom is 0.298 e. The van der Waals surface area contributed by atoms with Crippen LogP contribution in [0.5, 0.6) is 0 Å². The van der Waals surface area contributed by atoms with Gasteiger partial charge in [-0.25, -0.2) is 0 Å². The maximum atomic E-state index is 12.7. The van der Waals surface area contributed by atoms with E-state index in [1.807, 2.05) is 46.7 Å². The highest BCUT2D eigenvalue weighted by molar-refractivity contribution is 5.95. The van der Waals surface area contributed by atoms with Gasteiger partial charge in [-0.15, -0.1) is 0 Å².